The molecular weight excluding hydrogens is 458 g/mol. The molecule has 3 N–H and O–H groups in total. The number of rotatable bonds is 9. The Balaban J connectivity index is 1.44. The number of nitrogens with one attached hydrogen (secondary N) is 2. The molecule has 2 aliphatic carbocycles. The van der Waals surface area contributed by atoms with E-state index < -0.39 is 47.8 Å². The molecule has 1 fully saturated rings. The lowest BCUT2D eigenvalue weighted by atomic mass is 9.98. The summed E-state index contributed by atoms with van der Waals surface area (Å²) in [6.07, 6.45) is -0.206. The van der Waals surface area contributed by atoms with Crippen molar-refractivity contribution in [3.63, 3.8) is 0 Å². The van der Waals surface area contributed by atoms with Crippen molar-refractivity contribution in [1.82, 2.24) is 10.6 Å². The van der Waals surface area contributed by atoms with Crippen LogP contribution in [0.3, 0.4) is 0 Å². The average molecular weight is 487 g/mol. The molecule has 0 heterocycles. The van der Waals surface area contributed by atoms with E-state index in [1.165, 1.54) is 13.8 Å². The van der Waals surface area contributed by atoms with Gasteiger partial charge in [-0.15, -0.1) is 0 Å². The molecule has 9 heteroatoms. The lowest BCUT2D eigenvalue weighted by molar-refractivity contribution is -0.155. The summed E-state index contributed by atoms with van der Waals surface area (Å²) >= 11 is 0. The lowest BCUT2D eigenvalue weighted by Gasteiger charge is -2.28. The van der Waals surface area contributed by atoms with Crippen LogP contribution in [0.2, 0.25) is 0 Å². The van der Waals surface area contributed by atoms with Gasteiger partial charge in [-0.3, -0.25) is 4.79 Å². The molecule has 7 nitrogen and oxygen atoms in total. The van der Waals surface area contributed by atoms with Gasteiger partial charge < -0.3 is 20.5 Å². The van der Waals surface area contributed by atoms with Crippen molar-refractivity contribution in [3.8, 4) is 11.1 Å². The Morgan fingerprint density at radius 2 is 1.54 bits per heavy atom. The number of alkyl carbamates (subject to hydrolysis) is 1. The van der Waals surface area contributed by atoms with E-state index in [2.05, 4.69) is 5.32 Å². The van der Waals surface area contributed by atoms with Gasteiger partial charge in [0, 0.05) is 5.92 Å². The quantitative estimate of drug-likeness (QED) is 0.494. The van der Waals surface area contributed by atoms with Gasteiger partial charge in [-0.1, -0.05) is 62.4 Å². The number of ether oxygens (including phenoxy) is 1. The van der Waals surface area contributed by atoms with Crippen LogP contribution in [-0.2, 0) is 14.3 Å². The predicted molar refractivity (Wildman–Crippen MR) is 124 cm³/mol. The van der Waals surface area contributed by atoms with E-state index in [-0.39, 0.29) is 12.5 Å². The standard InChI is InChI=1S/C26H28F2N2O5/c1-14(2)21(23(31)32)29-24(33)26(27,28)22(15-11-12-15)30-25(34)35-13-20-18-9-5-3-7-16(18)17-8-4-6-10-19(17)20/h3-10,14-15,20-22H,11-13H2,1-2H3,(H,29,33)(H,30,34)(H,31,32)/t21-,22?/m0/s1. The zero-order valence-corrected chi connectivity index (χ0v) is 19.5. The third-order valence-electron chi connectivity index (χ3n) is 6.62. The minimum Gasteiger partial charge on any atom is -0.480 e. The maximum Gasteiger partial charge on any atom is 0.407 e. The van der Waals surface area contributed by atoms with Gasteiger partial charge in [-0.05, 0) is 46.9 Å². The molecular formula is C26H28F2N2O5. The van der Waals surface area contributed by atoms with E-state index in [4.69, 9.17) is 4.74 Å². The van der Waals surface area contributed by atoms with Gasteiger partial charge in [0.15, 0.2) is 0 Å². The number of benzene rings is 2. The molecule has 0 bridgehead atoms. The van der Waals surface area contributed by atoms with E-state index >= 15 is 8.78 Å². The van der Waals surface area contributed by atoms with Crippen molar-refractivity contribution in [2.45, 2.75) is 50.6 Å². The number of carboxylic acid groups (broad SMARTS) is 1. The van der Waals surface area contributed by atoms with Crippen molar-refractivity contribution >= 4 is 18.0 Å². The molecule has 4 rings (SSSR count). The van der Waals surface area contributed by atoms with E-state index in [0.29, 0.717) is 12.8 Å². The number of carbonyl (C=O) groups excluding carboxylic acids is 2. The summed E-state index contributed by atoms with van der Waals surface area (Å²) in [4.78, 5) is 36.3. The number of aliphatic carboxylic acids is 1. The number of hydrogen-bond donors (Lipinski definition) is 3. The largest absolute Gasteiger partial charge is 0.480 e. The highest BCUT2D eigenvalue weighted by Crippen LogP contribution is 2.44. The Labute approximate surface area is 201 Å². The normalized spacial score (nSPS) is 16.7. The summed E-state index contributed by atoms with van der Waals surface area (Å²) in [6.45, 7) is 2.96. The van der Waals surface area contributed by atoms with Gasteiger partial charge in [0.05, 0.1) is 0 Å². The van der Waals surface area contributed by atoms with E-state index in [1.54, 1.807) is 0 Å². The summed E-state index contributed by atoms with van der Waals surface area (Å²) in [6, 6.07) is 12.2. The first-order valence-electron chi connectivity index (χ1n) is 11.6. The van der Waals surface area contributed by atoms with Gasteiger partial charge in [-0.25, -0.2) is 9.59 Å². The molecule has 0 aliphatic heterocycles. The van der Waals surface area contributed by atoms with Crippen LogP contribution in [0.4, 0.5) is 13.6 Å². The van der Waals surface area contributed by atoms with Gasteiger partial charge in [0.1, 0.15) is 18.7 Å². The first-order valence-corrected chi connectivity index (χ1v) is 11.6. The first kappa shape index (κ1) is 24.6. The molecule has 2 amide bonds. The van der Waals surface area contributed by atoms with E-state index in [0.717, 1.165) is 22.3 Å². The molecule has 0 saturated heterocycles. The van der Waals surface area contributed by atoms with Gasteiger partial charge in [0.25, 0.3) is 5.91 Å². The monoisotopic (exact) mass is 486 g/mol. The van der Waals surface area contributed by atoms with Crippen molar-refractivity contribution in [3.05, 3.63) is 59.7 Å². The molecule has 0 spiro atoms. The highest BCUT2D eigenvalue weighted by Gasteiger charge is 2.55. The number of carboxylic acids is 1. The second-order valence-corrected chi connectivity index (χ2v) is 9.44. The van der Waals surface area contributed by atoms with Crippen molar-refractivity contribution in [2.24, 2.45) is 11.8 Å². The van der Waals surface area contributed by atoms with Crippen LogP contribution in [0.5, 0.6) is 0 Å². The van der Waals surface area contributed by atoms with Crippen molar-refractivity contribution in [2.75, 3.05) is 6.61 Å². The van der Waals surface area contributed by atoms with Crippen LogP contribution < -0.4 is 10.6 Å². The fourth-order valence-corrected chi connectivity index (χ4v) is 4.59. The number of amides is 2. The molecule has 2 aromatic carbocycles. The second-order valence-electron chi connectivity index (χ2n) is 9.44. The Morgan fingerprint density at radius 1 is 1.00 bits per heavy atom. The number of carbonyl (C=O) groups is 3. The van der Waals surface area contributed by atoms with Gasteiger partial charge in [0.2, 0.25) is 0 Å². The predicted octanol–water partition coefficient (Wildman–Crippen LogP) is 4.16. The molecule has 1 unspecified atom stereocenters. The molecule has 186 valence electrons. The van der Waals surface area contributed by atoms with Crippen LogP contribution in [-0.4, -0.2) is 47.7 Å². The maximum atomic E-state index is 15.1. The lowest BCUT2D eigenvalue weighted by Crippen LogP contribution is -2.59. The van der Waals surface area contributed by atoms with Crippen molar-refractivity contribution < 1.29 is 33.0 Å². The number of alkyl halides is 2. The van der Waals surface area contributed by atoms with Crippen LogP contribution in [0.1, 0.15) is 43.7 Å². The number of halogens is 2. The average Bonchev–Trinajstić information content (AvgIpc) is 3.61. The molecule has 2 aromatic rings. The highest BCUT2D eigenvalue weighted by molar-refractivity contribution is 5.89. The van der Waals surface area contributed by atoms with Crippen LogP contribution in [0.25, 0.3) is 11.1 Å². The Bertz CT molecular complexity index is 1090. The molecule has 0 radical (unpaired) electrons. The number of hydrogen-bond acceptors (Lipinski definition) is 4. The molecule has 1 saturated carbocycles. The van der Waals surface area contributed by atoms with Crippen molar-refractivity contribution in [1.29, 1.82) is 0 Å². The molecule has 0 aromatic heterocycles. The Morgan fingerprint density at radius 3 is 2.03 bits per heavy atom. The van der Waals surface area contributed by atoms with Gasteiger partial charge in [-0.2, -0.15) is 8.78 Å². The zero-order chi connectivity index (χ0) is 25.3. The first-order chi connectivity index (χ1) is 16.6. The summed E-state index contributed by atoms with van der Waals surface area (Å²) in [5.74, 6) is -8.57. The summed E-state index contributed by atoms with van der Waals surface area (Å²) in [5.41, 5.74) is 4.04. The topological polar surface area (TPSA) is 105 Å². The fraction of sp³-hybridized carbons (Fsp3) is 0.423. The summed E-state index contributed by atoms with van der Waals surface area (Å²) in [5, 5.41) is 13.3. The molecule has 35 heavy (non-hydrogen) atoms. The summed E-state index contributed by atoms with van der Waals surface area (Å²) < 4.78 is 35.5. The Hall–Kier alpha value is -3.49. The summed E-state index contributed by atoms with van der Waals surface area (Å²) in [7, 11) is 0. The zero-order valence-electron chi connectivity index (χ0n) is 19.5. The SMILES string of the molecule is CC(C)[C@H](NC(=O)C(F)(F)C(NC(=O)OCC1c2ccccc2-c2ccccc21)C1CC1)C(=O)O. The molecule has 2 atom stereocenters. The highest BCUT2D eigenvalue weighted by atomic mass is 19.3. The van der Waals surface area contributed by atoms with Crippen LogP contribution >= 0.6 is 0 Å². The maximum absolute atomic E-state index is 15.1. The second kappa shape index (κ2) is 9.64. The molecule has 2 aliphatic rings. The minimum atomic E-state index is -4.00. The van der Waals surface area contributed by atoms with Crippen LogP contribution in [0.15, 0.2) is 48.5 Å². The third kappa shape index (κ3) is 4.99. The minimum absolute atomic E-state index is 0.0521. The van der Waals surface area contributed by atoms with Crippen LogP contribution in [0, 0.1) is 11.8 Å². The van der Waals surface area contributed by atoms with Gasteiger partial charge >= 0.3 is 18.0 Å². The Kier molecular flexibility index (Phi) is 6.78. The third-order valence-corrected chi connectivity index (χ3v) is 6.62. The fourth-order valence-electron chi connectivity index (χ4n) is 4.59. The number of fused-ring (bicyclic) bond motifs is 3. The van der Waals surface area contributed by atoms with E-state index in [9.17, 15) is 19.5 Å². The smallest absolute Gasteiger partial charge is 0.407 e. The van der Waals surface area contributed by atoms with E-state index in [1.807, 2.05) is 53.8 Å².